The molecule has 4 heteroatoms. The van der Waals surface area contributed by atoms with E-state index >= 15 is 0 Å². The van der Waals surface area contributed by atoms with Crippen molar-refractivity contribution in [3.8, 4) is 0 Å². The van der Waals surface area contributed by atoms with Gasteiger partial charge in [0.05, 0.1) is 0 Å². The number of carbonyl (C=O) groups is 1. The highest BCUT2D eigenvalue weighted by Crippen LogP contribution is 2.20. The molecule has 0 spiro atoms. The Hall–Kier alpha value is -0.610. The van der Waals surface area contributed by atoms with Gasteiger partial charge in [-0.2, -0.15) is 0 Å². The fourth-order valence-electron chi connectivity index (χ4n) is 1.64. The van der Waals surface area contributed by atoms with Crippen molar-refractivity contribution in [3.05, 3.63) is 0 Å². The Morgan fingerprint density at radius 2 is 1.93 bits per heavy atom. The number of rotatable bonds is 2. The van der Waals surface area contributed by atoms with Crippen molar-refractivity contribution < 1.29 is 14.3 Å². The van der Waals surface area contributed by atoms with Crippen LogP contribution < -0.4 is 5.73 Å². The topological polar surface area (TPSA) is 61.5 Å². The van der Waals surface area contributed by atoms with Gasteiger partial charge in [-0.3, -0.25) is 4.79 Å². The van der Waals surface area contributed by atoms with E-state index in [9.17, 15) is 4.79 Å². The average Bonchev–Trinajstić information content (AvgIpc) is 2.15. The van der Waals surface area contributed by atoms with E-state index in [1.807, 2.05) is 20.8 Å². The third kappa shape index (κ3) is 4.18. The molecule has 0 aromatic heterocycles. The van der Waals surface area contributed by atoms with Crippen LogP contribution in [0.4, 0.5) is 0 Å². The molecule has 0 aromatic carbocycles. The summed E-state index contributed by atoms with van der Waals surface area (Å²) in [5.41, 5.74) is 5.41. The Labute approximate surface area is 91.1 Å². The lowest BCUT2D eigenvalue weighted by atomic mass is 9.92. The van der Waals surface area contributed by atoms with E-state index in [0.717, 1.165) is 12.8 Å². The monoisotopic (exact) mass is 215 g/mol. The van der Waals surface area contributed by atoms with Crippen molar-refractivity contribution in [2.24, 2.45) is 11.7 Å². The molecule has 0 bridgehead atoms. The molecule has 1 atom stereocenters. The second kappa shape index (κ2) is 4.94. The minimum absolute atomic E-state index is 0.202. The lowest BCUT2D eigenvalue weighted by Gasteiger charge is -2.29. The maximum Gasteiger partial charge on any atom is 0.323 e. The fraction of sp³-hybridized carbons (Fsp3) is 0.909. The van der Waals surface area contributed by atoms with Crippen molar-refractivity contribution in [1.82, 2.24) is 0 Å². The van der Waals surface area contributed by atoms with E-state index in [4.69, 9.17) is 15.2 Å². The molecular weight excluding hydrogens is 194 g/mol. The van der Waals surface area contributed by atoms with Crippen LogP contribution in [0.15, 0.2) is 0 Å². The maximum atomic E-state index is 11.7. The molecule has 0 radical (unpaired) electrons. The Morgan fingerprint density at radius 1 is 1.40 bits per heavy atom. The van der Waals surface area contributed by atoms with Gasteiger partial charge in [0.25, 0.3) is 0 Å². The van der Waals surface area contributed by atoms with Crippen LogP contribution >= 0.6 is 0 Å². The molecule has 0 amide bonds. The standard InChI is InChI=1S/C11H21NO3/c1-11(2,3)15-10(13)9(12)8-4-6-14-7-5-8/h8-9H,4-7,12H2,1-3H3. The normalized spacial score (nSPS) is 21.1. The highest BCUT2D eigenvalue weighted by Gasteiger charge is 2.30. The molecule has 1 fully saturated rings. The average molecular weight is 215 g/mol. The van der Waals surface area contributed by atoms with Crippen LogP contribution in [0.1, 0.15) is 33.6 Å². The third-order valence-electron chi connectivity index (χ3n) is 2.45. The molecule has 4 nitrogen and oxygen atoms in total. The molecule has 1 aliphatic rings. The van der Waals surface area contributed by atoms with Gasteiger partial charge in [-0.1, -0.05) is 0 Å². The van der Waals surface area contributed by atoms with E-state index in [1.165, 1.54) is 0 Å². The maximum absolute atomic E-state index is 11.7. The molecule has 1 heterocycles. The van der Waals surface area contributed by atoms with E-state index in [1.54, 1.807) is 0 Å². The minimum Gasteiger partial charge on any atom is -0.459 e. The smallest absolute Gasteiger partial charge is 0.323 e. The summed E-state index contributed by atoms with van der Waals surface area (Å²) < 4.78 is 10.5. The summed E-state index contributed by atoms with van der Waals surface area (Å²) in [6.07, 6.45) is 1.70. The molecule has 1 aliphatic heterocycles. The number of esters is 1. The zero-order valence-corrected chi connectivity index (χ0v) is 9.79. The van der Waals surface area contributed by atoms with E-state index in [2.05, 4.69) is 0 Å². The van der Waals surface area contributed by atoms with Gasteiger partial charge in [0, 0.05) is 13.2 Å². The predicted octanol–water partition coefficient (Wildman–Crippen LogP) is 1.08. The molecule has 0 aromatic rings. The molecule has 1 saturated heterocycles. The van der Waals surface area contributed by atoms with Gasteiger partial charge >= 0.3 is 5.97 Å². The van der Waals surface area contributed by atoms with Gasteiger partial charge in [0.1, 0.15) is 11.6 Å². The number of ether oxygens (including phenoxy) is 2. The van der Waals surface area contributed by atoms with Gasteiger partial charge in [0.15, 0.2) is 0 Å². The molecule has 0 aliphatic carbocycles. The van der Waals surface area contributed by atoms with E-state index < -0.39 is 11.6 Å². The highest BCUT2D eigenvalue weighted by atomic mass is 16.6. The highest BCUT2D eigenvalue weighted by molar-refractivity contribution is 5.76. The van der Waals surface area contributed by atoms with Crippen LogP contribution in [0.2, 0.25) is 0 Å². The van der Waals surface area contributed by atoms with Gasteiger partial charge < -0.3 is 15.2 Å². The van der Waals surface area contributed by atoms with Crippen molar-refractivity contribution in [2.45, 2.75) is 45.3 Å². The number of nitrogens with two attached hydrogens (primary N) is 1. The van der Waals surface area contributed by atoms with Crippen molar-refractivity contribution in [2.75, 3.05) is 13.2 Å². The van der Waals surface area contributed by atoms with Crippen LogP contribution in [0.5, 0.6) is 0 Å². The van der Waals surface area contributed by atoms with Crippen molar-refractivity contribution in [1.29, 1.82) is 0 Å². The molecule has 2 N–H and O–H groups in total. The molecule has 1 unspecified atom stereocenters. The third-order valence-corrected chi connectivity index (χ3v) is 2.45. The van der Waals surface area contributed by atoms with Crippen LogP contribution in [-0.4, -0.2) is 30.8 Å². The van der Waals surface area contributed by atoms with Gasteiger partial charge in [-0.15, -0.1) is 0 Å². The minimum atomic E-state index is -0.506. The van der Waals surface area contributed by atoms with Crippen LogP contribution in [0, 0.1) is 5.92 Å². The first-order chi connectivity index (χ1) is 6.90. The SMILES string of the molecule is CC(C)(C)OC(=O)C(N)C1CCOCC1. The first kappa shape index (κ1) is 12.5. The lowest BCUT2D eigenvalue weighted by Crippen LogP contribution is -2.44. The largest absolute Gasteiger partial charge is 0.459 e. The molecular formula is C11H21NO3. The molecule has 15 heavy (non-hydrogen) atoms. The number of hydrogen-bond donors (Lipinski definition) is 1. The number of hydrogen-bond acceptors (Lipinski definition) is 4. The van der Waals surface area contributed by atoms with Crippen molar-refractivity contribution >= 4 is 5.97 Å². The van der Waals surface area contributed by atoms with Crippen LogP contribution in [-0.2, 0) is 14.3 Å². The Morgan fingerprint density at radius 3 is 2.40 bits per heavy atom. The lowest BCUT2D eigenvalue weighted by molar-refractivity contribution is -0.158. The van der Waals surface area contributed by atoms with E-state index in [-0.39, 0.29) is 11.9 Å². The zero-order valence-electron chi connectivity index (χ0n) is 9.79. The fourth-order valence-corrected chi connectivity index (χ4v) is 1.64. The summed E-state index contributed by atoms with van der Waals surface area (Å²) in [5, 5.41) is 0. The summed E-state index contributed by atoms with van der Waals surface area (Å²) >= 11 is 0. The van der Waals surface area contributed by atoms with Gasteiger partial charge in [-0.25, -0.2) is 0 Å². The second-order valence-corrected chi connectivity index (χ2v) is 5.01. The molecule has 0 saturated carbocycles. The summed E-state index contributed by atoms with van der Waals surface area (Å²) in [6.45, 7) is 6.94. The summed E-state index contributed by atoms with van der Waals surface area (Å²) in [4.78, 5) is 11.7. The van der Waals surface area contributed by atoms with Gasteiger partial charge in [-0.05, 0) is 39.5 Å². The quantitative estimate of drug-likeness (QED) is 0.700. The first-order valence-electron chi connectivity index (χ1n) is 5.46. The molecule has 1 rings (SSSR count). The Kier molecular flexibility index (Phi) is 4.11. The summed E-state index contributed by atoms with van der Waals surface area (Å²) in [6, 6.07) is -0.506. The van der Waals surface area contributed by atoms with Crippen LogP contribution in [0.3, 0.4) is 0 Å². The zero-order chi connectivity index (χ0) is 11.5. The summed E-state index contributed by atoms with van der Waals surface area (Å²) in [5.74, 6) is -0.0944. The molecule has 88 valence electrons. The Balaban J connectivity index is 2.44. The van der Waals surface area contributed by atoms with E-state index in [0.29, 0.717) is 13.2 Å². The van der Waals surface area contributed by atoms with Crippen LogP contribution in [0.25, 0.3) is 0 Å². The summed E-state index contributed by atoms with van der Waals surface area (Å²) in [7, 11) is 0. The predicted molar refractivity (Wildman–Crippen MR) is 57.4 cm³/mol. The number of carbonyl (C=O) groups excluding carboxylic acids is 1. The van der Waals surface area contributed by atoms with Crippen molar-refractivity contribution in [3.63, 3.8) is 0 Å². The van der Waals surface area contributed by atoms with Gasteiger partial charge in [0.2, 0.25) is 0 Å². The Bertz CT molecular complexity index is 216. The first-order valence-corrected chi connectivity index (χ1v) is 5.46. The second-order valence-electron chi connectivity index (χ2n) is 5.01.